The average Bonchev–Trinajstić information content (AvgIpc) is 2.91. The molecule has 0 N–H and O–H groups in total. The Morgan fingerprint density at radius 3 is 2.42 bits per heavy atom. The zero-order valence-electron chi connectivity index (χ0n) is 13.1. The minimum absolute atomic E-state index is 0.00882. The zero-order chi connectivity index (χ0) is 17.3. The number of nitro benzene ring substituents is 1. The molecule has 0 fully saturated rings. The third-order valence-electron chi connectivity index (χ3n) is 3.78. The number of carbonyl (C=O) groups is 1. The zero-order valence-corrected chi connectivity index (χ0v) is 13.1. The molecule has 1 aliphatic rings. The van der Waals surface area contributed by atoms with Gasteiger partial charge in [-0.05, 0) is 60.9 Å². The summed E-state index contributed by atoms with van der Waals surface area (Å²) in [7, 11) is 0. The molecular formula is C18H14N2O4. The highest BCUT2D eigenvalue weighted by Crippen LogP contribution is 2.21. The maximum Gasteiger partial charge on any atom is 0.363 e. The minimum atomic E-state index is -0.540. The van der Waals surface area contributed by atoms with E-state index in [1.54, 1.807) is 18.2 Å². The van der Waals surface area contributed by atoms with E-state index in [0.29, 0.717) is 5.56 Å². The number of hydrogen-bond acceptors (Lipinski definition) is 5. The molecule has 0 spiro atoms. The van der Waals surface area contributed by atoms with Crippen molar-refractivity contribution in [2.45, 2.75) is 13.8 Å². The number of hydrogen-bond donors (Lipinski definition) is 0. The highest BCUT2D eigenvalue weighted by molar-refractivity contribution is 6.12. The van der Waals surface area contributed by atoms with E-state index in [1.165, 1.54) is 12.1 Å². The van der Waals surface area contributed by atoms with Crippen molar-refractivity contribution in [3.63, 3.8) is 0 Å². The summed E-state index contributed by atoms with van der Waals surface area (Å²) < 4.78 is 5.22. The van der Waals surface area contributed by atoms with Gasteiger partial charge in [-0.3, -0.25) is 10.1 Å². The number of aryl methyl sites for hydroxylation is 2. The number of carbonyl (C=O) groups excluding carboxylic acids is 1. The van der Waals surface area contributed by atoms with Gasteiger partial charge >= 0.3 is 5.97 Å². The van der Waals surface area contributed by atoms with Gasteiger partial charge in [0.05, 0.1) is 4.92 Å². The molecular weight excluding hydrogens is 308 g/mol. The first-order chi connectivity index (χ1) is 11.4. The predicted molar refractivity (Wildman–Crippen MR) is 89.6 cm³/mol. The van der Waals surface area contributed by atoms with E-state index in [2.05, 4.69) is 4.99 Å². The molecule has 6 nitrogen and oxygen atoms in total. The molecule has 0 aliphatic carbocycles. The fourth-order valence-electron chi connectivity index (χ4n) is 2.26. The van der Waals surface area contributed by atoms with Gasteiger partial charge in [-0.1, -0.05) is 6.07 Å². The van der Waals surface area contributed by atoms with E-state index in [9.17, 15) is 14.9 Å². The van der Waals surface area contributed by atoms with Crippen LogP contribution in [0.4, 0.5) is 5.69 Å². The predicted octanol–water partition coefficient (Wildman–Crippen LogP) is 3.56. The molecule has 0 amide bonds. The molecule has 2 aromatic rings. The summed E-state index contributed by atoms with van der Waals surface area (Å²) in [6, 6.07) is 11.6. The first-order valence-corrected chi connectivity index (χ1v) is 7.29. The molecule has 6 heteroatoms. The van der Waals surface area contributed by atoms with E-state index in [1.807, 2.05) is 32.0 Å². The highest BCUT2D eigenvalue weighted by atomic mass is 16.6. The molecule has 0 radical (unpaired) electrons. The van der Waals surface area contributed by atoms with Crippen molar-refractivity contribution in [2.75, 3.05) is 0 Å². The molecule has 3 rings (SSSR count). The first-order valence-electron chi connectivity index (χ1n) is 7.29. The summed E-state index contributed by atoms with van der Waals surface area (Å²) in [6.45, 7) is 3.98. The van der Waals surface area contributed by atoms with Crippen molar-refractivity contribution in [1.29, 1.82) is 0 Å². The van der Waals surface area contributed by atoms with Gasteiger partial charge in [-0.15, -0.1) is 0 Å². The average molecular weight is 322 g/mol. The molecule has 0 saturated carbocycles. The lowest BCUT2D eigenvalue weighted by Gasteiger charge is -2.03. The molecule has 24 heavy (non-hydrogen) atoms. The van der Waals surface area contributed by atoms with Gasteiger partial charge in [0.2, 0.25) is 5.90 Å². The van der Waals surface area contributed by atoms with Crippen LogP contribution in [-0.2, 0) is 9.53 Å². The number of rotatable bonds is 3. The minimum Gasteiger partial charge on any atom is -0.402 e. The maximum atomic E-state index is 12.0. The summed E-state index contributed by atoms with van der Waals surface area (Å²) in [4.78, 5) is 26.4. The van der Waals surface area contributed by atoms with Gasteiger partial charge in [0.25, 0.3) is 5.69 Å². The molecule has 0 aromatic heterocycles. The van der Waals surface area contributed by atoms with Crippen molar-refractivity contribution >= 4 is 23.6 Å². The Kier molecular flexibility index (Phi) is 3.95. The second kappa shape index (κ2) is 6.08. The summed E-state index contributed by atoms with van der Waals surface area (Å²) in [5.74, 6) is -0.280. The Bertz CT molecular complexity index is 896. The fraction of sp³-hybridized carbons (Fsp3) is 0.111. The third-order valence-corrected chi connectivity index (χ3v) is 3.78. The standard InChI is InChI=1S/C18H14N2O4/c1-11-3-6-14(9-12(11)2)17-19-16(18(21)24-17)10-13-4-7-15(8-5-13)20(22)23/h3-10H,1-2H3. The van der Waals surface area contributed by atoms with E-state index in [0.717, 1.165) is 16.7 Å². The van der Waals surface area contributed by atoms with Crippen LogP contribution in [0.3, 0.4) is 0 Å². The van der Waals surface area contributed by atoms with Gasteiger partial charge < -0.3 is 4.74 Å². The van der Waals surface area contributed by atoms with Crippen molar-refractivity contribution in [3.8, 4) is 0 Å². The molecule has 2 aromatic carbocycles. The molecule has 0 atom stereocenters. The number of nitrogens with zero attached hydrogens (tertiary/aromatic N) is 2. The first kappa shape index (κ1) is 15.6. The van der Waals surface area contributed by atoms with Gasteiger partial charge in [-0.2, -0.15) is 0 Å². The maximum absolute atomic E-state index is 12.0. The van der Waals surface area contributed by atoms with Gasteiger partial charge in [0.15, 0.2) is 5.70 Å². The van der Waals surface area contributed by atoms with Crippen LogP contribution in [0.5, 0.6) is 0 Å². The molecule has 120 valence electrons. The summed E-state index contributed by atoms with van der Waals surface area (Å²) in [5.41, 5.74) is 3.75. The quantitative estimate of drug-likeness (QED) is 0.374. The van der Waals surface area contributed by atoms with E-state index < -0.39 is 10.9 Å². The van der Waals surface area contributed by atoms with E-state index in [4.69, 9.17) is 4.74 Å². The number of benzene rings is 2. The Balaban J connectivity index is 1.90. The fourth-order valence-corrected chi connectivity index (χ4v) is 2.26. The van der Waals surface area contributed by atoms with Gasteiger partial charge in [-0.25, -0.2) is 9.79 Å². The topological polar surface area (TPSA) is 81.8 Å². The number of cyclic esters (lactones) is 1. The number of nitro groups is 1. The second-order valence-corrected chi connectivity index (χ2v) is 5.48. The third kappa shape index (κ3) is 3.08. The number of aliphatic imine (C=N–C) groups is 1. The van der Waals surface area contributed by atoms with Crippen LogP contribution in [0.25, 0.3) is 6.08 Å². The number of esters is 1. The van der Waals surface area contributed by atoms with Gasteiger partial charge in [0, 0.05) is 17.7 Å². The molecule has 0 saturated heterocycles. The Hall–Kier alpha value is -3.28. The molecule has 0 unspecified atom stereocenters. The van der Waals surface area contributed by atoms with Crippen LogP contribution in [0, 0.1) is 24.0 Å². The van der Waals surface area contributed by atoms with Crippen LogP contribution in [0.2, 0.25) is 0 Å². The second-order valence-electron chi connectivity index (χ2n) is 5.48. The number of non-ortho nitro benzene ring substituents is 1. The van der Waals surface area contributed by atoms with Gasteiger partial charge in [0.1, 0.15) is 0 Å². The highest BCUT2D eigenvalue weighted by Gasteiger charge is 2.24. The van der Waals surface area contributed by atoms with Crippen LogP contribution >= 0.6 is 0 Å². The lowest BCUT2D eigenvalue weighted by molar-refractivity contribution is -0.384. The molecule has 0 bridgehead atoms. The SMILES string of the molecule is Cc1ccc(C2=NC(=Cc3ccc([N+](=O)[O-])cc3)C(=O)O2)cc1C. The number of ether oxygens (including phenoxy) is 1. The summed E-state index contributed by atoms with van der Waals surface area (Å²) >= 11 is 0. The van der Waals surface area contributed by atoms with Crippen LogP contribution < -0.4 is 0 Å². The van der Waals surface area contributed by atoms with Crippen molar-refractivity contribution in [2.24, 2.45) is 4.99 Å². The normalized spacial score (nSPS) is 15.3. The van der Waals surface area contributed by atoms with Crippen LogP contribution in [-0.4, -0.2) is 16.8 Å². The largest absolute Gasteiger partial charge is 0.402 e. The smallest absolute Gasteiger partial charge is 0.363 e. The Morgan fingerprint density at radius 2 is 1.79 bits per heavy atom. The Labute approximate surface area is 138 Å². The van der Waals surface area contributed by atoms with E-state index in [-0.39, 0.29) is 17.3 Å². The summed E-state index contributed by atoms with van der Waals surface area (Å²) in [5, 5.41) is 10.7. The monoisotopic (exact) mass is 322 g/mol. The summed E-state index contributed by atoms with van der Waals surface area (Å²) in [6.07, 6.45) is 1.54. The van der Waals surface area contributed by atoms with Crippen molar-refractivity contribution in [3.05, 3.63) is 80.5 Å². The Morgan fingerprint density at radius 1 is 1.08 bits per heavy atom. The molecule has 1 heterocycles. The van der Waals surface area contributed by atoms with Crippen molar-refractivity contribution in [1.82, 2.24) is 0 Å². The van der Waals surface area contributed by atoms with Crippen molar-refractivity contribution < 1.29 is 14.5 Å². The van der Waals surface area contributed by atoms with Crippen LogP contribution in [0.15, 0.2) is 53.2 Å². The van der Waals surface area contributed by atoms with E-state index >= 15 is 0 Å². The molecule has 1 aliphatic heterocycles. The van der Waals surface area contributed by atoms with Crippen LogP contribution in [0.1, 0.15) is 22.3 Å². The lowest BCUT2D eigenvalue weighted by Crippen LogP contribution is -2.05. The lowest BCUT2D eigenvalue weighted by atomic mass is 10.1.